The molecule has 4 nitrogen and oxygen atoms in total. The van der Waals surface area contributed by atoms with Crippen molar-refractivity contribution >= 4 is 35.3 Å². The summed E-state index contributed by atoms with van der Waals surface area (Å²) in [6.45, 7) is 15.0. The first-order chi connectivity index (χ1) is 20.3. The van der Waals surface area contributed by atoms with Crippen LogP contribution in [0.2, 0.25) is 19.6 Å². The topological polar surface area (TPSA) is 51.8 Å². The summed E-state index contributed by atoms with van der Waals surface area (Å²) in [4.78, 5) is 13.2. The van der Waals surface area contributed by atoms with Crippen molar-refractivity contribution in [1.29, 1.82) is 0 Å². The van der Waals surface area contributed by atoms with Gasteiger partial charge in [0.05, 0.1) is 13.7 Å². The molecule has 0 atom stereocenters. The number of hydrogen-bond donors (Lipinski definition) is 0. The van der Waals surface area contributed by atoms with E-state index in [-0.39, 0.29) is 25.9 Å². The van der Waals surface area contributed by atoms with E-state index in [1.54, 1.807) is 24.5 Å². The molecule has 223 valence electrons. The van der Waals surface area contributed by atoms with Crippen LogP contribution in [0.15, 0.2) is 83.7 Å². The van der Waals surface area contributed by atoms with Crippen LogP contribution in [0.5, 0.6) is 0 Å². The van der Waals surface area contributed by atoms with Gasteiger partial charge >= 0.3 is 0 Å². The molecule has 0 unspecified atom stereocenters. The van der Waals surface area contributed by atoms with Crippen LogP contribution in [0, 0.1) is 17.9 Å². The molecule has 0 aliphatic carbocycles. The van der Waals surface area contributed by atoms with Crippen molar-refractivity contribution in [1.82, 2.24) is 15.0 Å². The Morgan fingerprint density at radius 2 is 1.70 bits per heavy atom. The Labute approximate surface area is 269 Å². The van der Waals surface area contributed by atoms with Gasteiger partial charge in [-0.15, -0.1) is 48.0 Å². The molecule has 6 rings (SSSR count). The zero-order valence-corrected chi connectivity index (χ0v) is 28.9. The van der Waals surface area contributed by atoms with Gasteiger partial charge in [-0.3, -0.25) is 4.39 Å². The summed E-state index contributed by atoms with van der Waals surface area (Å²) in [5.41, 5.74) is 6.38. The maximum absolute atomic E-state index is 14.3. The molecule has 0 amide bonds. The number of nitrogens with zero attached hydrogens (tertiary/aromatic N) is 3. The minimum absolute atomic E-state index is 0. The number of pyridine rings is 3. The summed E-state index contributed by atoms with van der Waals surface area (Å²) < 4.78 is 28.5. The summed E-state index contributed by atoms with van der Waals surface area (Å²) in [5, 5.41) is 2.37. The minimum Gasteiger partial charge on any atom is -0.486 e. The molecule has 0 fully saturated rings. The Morgan fingerprint density at radius 1 is 0.907 bits per heavy atom. The van der Waals surface area contributed by atoms with E-state index >= 15 is 0 Å². The van der Waals surface area contributed by atoms with Crippen LogP contribution >= 0.6 is 0 Å². The molecule has 6 aromatic rings. The Balaban J connectivity index is 0.000000199. The van der Waals surface area contributed by atoms with Gasteiger partial charge in [0.15, 0.2) is 0 Å². The van der Waals surface area contributed by atoms with E-state index in [0.29, 0.717) is 33.6 Å². The Kier molecular flexibility index (Phi) is 9.65. The molecule has 0 aliphatic rings. The van der Waals surface area contributed by atoms with Gasteiger partial charge in [0, 0.05) is 51.3 Å². The van der Waals surface area contributed by atoms with E-state index in [2.05, 4.69) is 66.6 Å². The van der Waals surface area contributed by atoms with E-state index in [1.165, 1.54) is 11.3 Å². The Morgan fingerprint density at radius 3 is 2.37 bits per heavy atom. The smallest absolute Gasteiger partial charge is 0.216 e. The maximum atomic E-state index is 14.3. The molecule has 0 saturated heterocycles. The normalized spacial score (nSPS) is 12.1. The third kappa shape index (κ3) is 7.01. The maximum Gasteiger partial charge on any atom is 0.216 e. The van der Waals surface area contributed by atoms with Gasteiger partial charge in [-0.2, -0.15) is 0 Å². The van der Waals surface area contributed by atoms with Gasteiger partial charge in [-0.25, -0.2) is 4.98 Å². The van der Waals surface area contributed by atoms with Gasteiger partial charge in [0.2, 0.25) is 5.71 Å². The van der Waals surface area contributed by atoms with Crippen molar-refractivity contribution in [2.75, 3.05) is 0 Å². The van der Waals surface area contributed by atoms with Crippen molar-refractivity contribution in [2.45, 2.75) is 59.1 Å². The first-order valence-corrected chi connectivity index (χ1v) is 17.7. The van der Waals surface area contributed by atoms with Crippen LogP contribution in [-0.4, -0.2) is 23.0 Å². The van der Waals surface area contributed by atoms with Gasteiger partial charge in [-0.05, 0) is 52.0 Å². The third-order valence-electron chi connectivity index (χ3n) is 7.22. The number of aromatic nitrogens is 3. The van der Waals surface area contributed by atoms with Crippen LogP contribution in [0.1, 0.15) is 52.0 Å². The molecule has 0 N–H and O–H groups in total. The molecule has 0 bridgehead atoms. The van der Waals surface area contributed by atoms with Gasteiger partial charge in [0.1, 0.15) is 0 Å². The standard InChI is InChI=1S/C19H14FN2O.C17H22NSi.Ir/c1-11(2)12-7-9-21-16(10-12)13-5-6-15(20)17-14-4-3-8-22-19(14)23-18(13)17;1-13(2)15-11-16(14-9-7-6-8-10-14)18-12-17(15)19(3,4)5;/h3-4,6-11H,1-2H3;6-9,11-13H,1-5H3;/q2*-1;/i;13D;. The van der Waals surface area contributed by atoms with Crippen molar-refractivity contribution < 1.29 is 30.3 Å². The largest absolute Gasteiger partial charge is 0.486 e. The summed E-state index contributed by atoms with van der Waals surface area (Å²) in [6.07, 6.45) is 5.37. The molecule has 0 aliphatic heterocycles. The van der Waals surface area contributed by atoms with E-state index in [1.807, 2.05) is 56.4 Å². The van der Waals surface area contributed by atoms with Gasteiger partial charge < -0.3 is 14.4 Å². The summed E-state index contributed by atoms with van der Waals surface area (Å²) in [6, 6.07) is 25.0. The summed E-state index contributed by atoms with van der Waals surface area (Å²) in [5.74, 6) is -0.595. The predicted octanol–water partition coefficient (Wildman–Crippen LogP) is 9.32. The zero-order chi connectivity index (χ0) is 30.9. The van der Waals surface area contributed by atoms with Gasteiger partial charge in [0.25, 0.3) is 0 Å². The predicted molar refractivity (Wildman–Crippen MR) is 173 cm³/mol. The second-order valence-corrected chi connectivity index (χ2v) is 17.0. The van der Waals surface area contributed by atoms with Crippen molar-refractivity contribution in [3.63, 3.8) is 0 Å². The van der Waals surface area contributed by atoms with E-state index in [0.717, 1.165) is 28.1 Å². The number of rotatable bonds is 5. The van der Waals surface area contributed by atoms with E-state index in [9.17, 15) is 4.39 Å². The molecular weight excluding hydrogens is 730 g/mol. The fourth-order valence-corrected chi connectivity index (χ4v) is 6.50. The number of hydrogen-bond acceptors (Lipinski definition) is 4. The fourth-order valence-electron chi connectivity index (χ4n) is 4.92. The first kappa shape index (κ1) is 30.9. The number of halogens is 1. The Bertz CT molecular complexity index is 1900. The molecule has 4 aromatic heterocycles. The molecule has 43 heavy (non-hydrogen) atoms. The Hall–Kier alpha value is -3.51. The third-order valence-corrected chi connectivity index (χ3v) is 9.23. The SMILES string of the molecule is CC(C)c1ccnc(-c2[c-]cc(F)c3c2oc2ncccc23)c1.[2H]C(C)(C)c1cc(-c2[c-]cccc2)ncc1[Si](C)(C)C.[Ir]. The molecule has 0 spiro atoms. The average molecular weight is 767 g/mol. The molecule has 7 heteroatoms. The first-order valence-electron chi connectivity index (χ1n) is 14.7. The number of fused-ring (bicyclic) bond motifs is 3. The zero-order valence-electron chi connectivity index (χ0n) is 26.5. The van der Waals surface area contributed by atoms with E-state index < -0.39 is 14.0 Å². The average Bonchev–Trinajstić information content (AvgIpc) is 3.37. The molecule has 2 aromatic carbocycles. The second-order valence-electron chi connectivity index (χ2n) is 11.9. The fraction of sp³-hybridized carbons (Fsp3) is 0.250. The number of furan rings is 1. The molecule has 0 saturated carbocycles. The second kappa shape index (κ2) is 13.4. The van der Waals surface area contributed by atoms with Crippen LogP contribution in [0.3, 0.4) is 0 Å². The van der Waals surface area contributed by atoms with Crippen molar-refractivity contribution in [3.05, 3.63) is 108 Å². The summed E-state index contributed by atoms with van der Waals surface area (Å²) in [7, 11) is -1.50. The monoisotopic (exact) mass is 767 g/mol. The molecular formula is C36H36FIrN3OSi-2. The molecule has 4 heterocycles. The van der Waals surface area contributed by atoms with Crippen LogP contribution < -0.4 is 5.19 Å². The van der Waals surface area contributed by atoms with Crippen LogP contribution in [0.4, 0.5) is 4.39 Å². The van der Waals surface area contributed by atoms with Gasteiger partial charge in [-0.1, -0.05) is 76.2 Å². The quantitative estimate of drug-likeness (QED) is 0.130. The van der Waals surface area contributed by atoms with Crippen molar-refractivity contribution in [2.24, 2.45) is 0 Å². The van der Waals surface area contributed by atoms with Crippen LogP contribution in [-0.2, 0) is 20.1 Å². The van der Waals surface area contributed by atoms with E-state index in [4.69, 9.17) is 5.79 Å². The minimum atomic E-state index is -1.50. The van der Waals surface area contributed by atoms with Crippen molar-refractivity contribution in [3.8, 4) is 22.5 Å². The van der Waals surface area contributed by atoms with Crippen LogP contribution in [0.25, 0.3) is 44.6 Å². The number of benzene rings is 2. The molecule has 1 radical (unpaired) electrons. The summed E-state index contributed by atoms with van der Waals surface area (Å²) >= 11 is 0.